The van der Waals surface area contributed by atoms with Gasteiger partial charge < -0.3 is 19.9 Å². The topological polar surface area (TPSA) is 63.1 Å². The Bertz CT molecular complexity index is 588. The zero-order valence-electron chi connectivity index (χ0n) is 14.9. The molecule has 1 aromatic rings. The van der Waals surface area contributed by atoms with E-state index in [0.29, 0.717) is 6.54 Å². The van der Waals surface area contributed by atoms with Crippen LogP contribution in [0.1, 0.15) is 25.7 Å². The number of likely N-dealkylation sites (tertiary alicyclic amines) is 1. The van der Waals surface area contributed by atoms with E-state index in [-0.39, 0.29) is 17.8 Å². The fourth-order valence-corrected chi connectivity index (χ4v) is 3.77. The number of amides is 1. The molecule has 0 unspecified atom stereocenters. The maximum absolute atomic E-state index is 12.3. The maximum atomic E-state index is 12.3. The van der Waals surface area contributed by atoms with Crippen LogP contribution in [0.15, 0.2) is 24.3 Å². The molecule has 0 aromatic heterocycles. The fourth-order valence-electron chi connectivity index (χ4n) is 3.77. The fraction of sp³-hybridized carbons (Fsp3) is 0.579. The molecule has 1 amide bonds. The lowest BCUT2D eigenvalue weighted by molar-refractivity contribution is -0.897. The normalized spacial score (nSPS) is 23.3. The van der Waals surface area contributed by atoms with Crippen LogP contribution in [0.5, 0.6) is 0 Å². The Balaban J connectivity index is 1.44. The van der Waals surface area contributed by atoms with Gasteiger partial charge in [0.25, 0.3) is 5.91 Å². The standard InChI is InChI=1S/C19H27N3O3/c1-25-19(24)15-8-12-21(13-9-15)14-18(23)20-16-4-6-17(7-5-16)22-10-2-3-11-22/h4-7,15H,2-3,8-14H2,1H3,(H,20,23)/p+1. The molecule has 0 aliphatic carbocycles. The third kappa shape index (κ3) is 4.72. The second-order valence-corrected chi connectivity index (χ2v) is 7.01. The van der Waals surface area contributed by atoms with Crippen LogP contribution in [0.2, 0.25) is 0 Å². The van der Waals surface area contributed by atoms with Gasteiger partial charge in [0, 0.05) is 37.3 Å². The van der Waals surface area contributed by atoms with Crippen molar-refractivity contribution >= 4 is 23.3 Å². The van der Waals surface area contributed by atoms with Crippen molar-refractivity contribution in [3.63, 3.8) is 0 Å². The highest BCUT2D eigenvalue weighted by atomic mass is 16.5. The summed E-state index contributed by atoms with van der Waals surface area (Å²) in [5.74, 6) is -0.100. The highest BCUT2D eigenvalue weighted by molar-refractivity contribution is 5.91. The number of esters is 1. The van der Waals surface area contributed by atoms with E-state index in [1.54, 1.807) is 0 Å². The number of quaternary nitrogens is 1. The molecule has 2 aliphatic rings. The molecule has 1 aromatic carbocycles. The maximum Gasteiger partial charge on any atom is 0.309 e. The van der Waals surface area contributed by atoms with Gasteiger partial charge in [-0.05, 0) is 37.1 Å². The largest absolute Gasteiger partial charge is 0.469 e. The predicted molar refractivity (Wildman–Crippen MR) is 96.8 cm³/mol. The second-order valence-electron chi connectivity index (χ2n) is 7.01. The highest BCUT2D eigenvalue weighted by Crippen LogP contribution is 2.21. The van der Waals surface area contributed by atoms with Gasteiger partial charge in [0.05, 0.1) is 26.1 Å². The van der Waals surface area contributed by atoms with Crippen LogP contribution in [0.25, 0.3) is 0 Å². The quantitative estimate of drug-likeness (QED) is 0.770. The molecule has 25 heavy (non-hydrogen) atoms. The molecule has 6 heteroatoms. The Morgan fingerprint density at radius 2 is 1.80 bits per heavy atom. The van der Waals surface area contributed by atoms with E-state index in [9.17, 15) is 9.59 Å². The molecule has 6 nitrogen and oxygen atoms in total. The smallest absolute Gasteiger partial charge is 0.309 e. The number of carbonyl (C=O) groups excluding carboxylic acids is 2. The summed E-state index contributed by atoms with van der Waals surface area (Å²) in [6.45, 7) is 4.36. The number of nitrogens with one attached hydrogen (secondary N) is 2. The first-order chi connectivity index (χ1) is 12.2. The molecular formula is C19H28N3O3+. The van der Waals surface area contributed by atoms with E-state index >= 15 is 0 Å². The van der Waals surface area contributed by atoms with E-state index in [2.05, 4.69) is 22.3 Å². The van der Waals surface area contributed by atoms with Gasteiger partial charge in [0.1, 0.15) is 0 Å². The van der Waals surface area contributed by atoms with Crippen molar-refractivity contribution in [2.75, 3.05) is 50.1 Å². The number of piperidine rings is 1. The van der Waals surface area contributed by atoms with Crippen molar-refractivity contribution in [1.29, 1.82) is 0 Å². The number of nitrogens with zero attached hydrogens (tertiary/aromatic N) is 1. The number of carbonyl (C=O) groups is 2. The number of hydrogen-bond donors (Lipinski definition) is 2. The van der Waals surface area contributed by atoms with Gasteiger partial charge in [-0.25, -0.2) is 0 Å². The van der Waals surface area contributed by atoms with E-state index < -0.39 is 0 Å². The lowest BCUT2D eigenvalue weighted by Gasteiger charge is -2.27. The summed E-state index contributed by atoms with van der Waals surface area (Å²) < 4.78 is 4.80. The molecule has 0 atom stereocenters. The van der Waals surface area contributed by atoms with E-state index in [1.165, 1.54) is 30.5 Å². The molecule has 2 fully saturated rings. The van der Waals surface area contributed by atoms with Crippen molar-refractivity contribution < 1.29 is 19.2 Å². The predicted octanol–water partition coefficient (Wildman–Crippen LogP) is 0.693. The molecule has 0 radical (unpaired) electrons. The minimum atomic E-state index is -0.124. The third-order valence-corrected chi connectivity index (χ3v) is 5.26. The van der Waals surface area contributed by atoms with Crippen molar-refractivity contribution in [1.82, 2.24) is 0 Å². The zero-order chi connectivity index (χ0) is 17.6. The average Bonchev–Trinajstić information content (AvgIpc) is 3.17. The molecule has 2 aliphatic heterocycles. The number of ether oxygens (including phenoxy) is 1. The van der Waals surface area contributed by atoms with Crippen LogP contribution < -0.4 is 15.1 Å². The Hall–Kier alpha value is -2.08. The number of rotatable bonds is 5. The lowest BCUT2D eigenvalue weighted by Crippen LogP contribution is -3.14. The molecule has 2 heterocycles. The SMILES string of the molecule is COC(=O)C1CC[NH+](CC(=O)Nc2ccc(N3CCCC3)cc2)CC1. The van der Waals surface area contributed by atoms with Gasteiger partial charge in [-0.2, -0.15) is 0 Å². The third-order valence-electron chi connectivity index (χ3n) is 5.26. The summed E-state index contributed by atoms with van der Waals surface area (Å²) in [4.78, 5) is 27.4. The summed E-state index contributed by atoms with van der Waals surface area (Å²) in [6, 6.07) is 8.11. The molecule has 2 N–H and O–H groups in total. The van der Waals surface area contributed by atoms with Gasteiger partial charge in [-0.15, -0.1) is 0 Å². The van der Waals surface area contributed by atoms with Crippen LogP contribution in [0, 0.1) is 5.92 Å². The highest BCUT2D eigenvalue weighted by Gasteiger charge is 2.29. The molecule has 0 bridgehead atoms. The van der Waals surface area contributed by atoms with E-state index in [0.717, 1.165) is 44.7 Å². The molecule has 2 saturated heterocycles. The molecule has 0 saturated carbocycles. The summed E-state index contributed by atoms with van der Waals surface area (Å²) in [5, 5.41) is 2.98. The molecule has 0 spiro atoms. The van der Waals surface area contributed by atoms with Crippen LogP contribution in [0.3, 0.4) is 0 Å². The molecular weight excluding hydrogens is 318 g/mol. The number of benzene rings is 1. The first-order valence-corrected chi connectivity index (χ1v) is 9.22. The number of anilines is 2. The van der Waals surface area contributed by atoms with E-state index in [4.69, 9.17) is 4.74 Å². The van der Waals surface area contributed by atoms with Crippen molar-refractivity contribution in [3.05, 3.63) is 24.3 Å². The van der Waals surface area contributed by atoms with Gasteiger partial charge in [0.15, 0.2) is 6.54 Å². The minimum Gasteiger partial charge on any atom is -0.469 e. The Kier molecular flexibility index (Phi) is 5.91. The van der Waals surface area contributed by atoms with Gasteiger partial charge in [-0.1, -0.05) is 0 Å². The van der Waals surface area contributed by atoms with Gasteiger partial charge in [-0.3, -0.25) is 9.59 Å². The van der Waals surface area contributed by atoms with Crippen LogP contribution >= 0.6 is 0 Å². The monoisotopic (exact) mass is 346 g/mol. The Morgan fingerprint density at radius 3 is 2.40 bits per heavy atom. The summed E-state index contributed by atoms with van der Waals surface area (Å²) >= 11 is 0. The molecule has 3 rings (SSSR count). The van der Waals surface area contributed by atoms with Crippen LogP contribution in [-0.4, -0.2) is 51.7 Å². The summed E-state index contributed by atoms with van der Waals surface area (Å²) in [7, 11) is 1.43. The lowest BCUT2D eigenvalue weighted by atomic mass is 9.97. The molecule has 136 valence electrons. The van der Waals surface area contributed by atoms with Crippen LogP contribution in [-0.2, 0) is 14.3 Å². The van der Waals surface area contributed by atoms with Gasteiger partial charge in [0.2, 0.25) is 0 Å². The Labute approximate surface area is 149 Å². The zero-order valence-corrected chi connectivity index (χ0v) is 14.9. The first kappa shape index (κ1) is 17.7. The van der Waals surface area contributed by atoms with Crippen molar-refractivity contribution in [2.45, 2.75) is 25.7 Å². The second kappa shape index (κ2) is 8.34. The van der Waals surface area contributed by atoms with Crippen molar-refractivity contribution in [3.8, 4) is 0 Å². The van der Waals surface area contributed by atoms with E-state index in [1.807, 2.05) is 12.1 Å². The first-order valence-electron chi connectivity index (χ1n) is 9.22. The van der Waals surface area contributed by atoms with Crippen molar-refractivity contribution in [2.24, 2.45) is 5.92 Å². The summed E-state index contributed by atoms with van der Waals surface area (Å²) in [6.07, 6.45) is 4.10. The number of methoxy groups -OCH3 is 1. The minimum absolute atomic E-state index is 0.00468. The average molecular weight is 346 g/mol. The van der Waals surface area contributed by atoms with Gasteiger partial charge >= 0.3 is 5.97 Å². The summed E-state index contributed by atoms with van der Waals surface area (Å²) in [5.41, 5.74) is 2.07. The Morgan fingerprint density at radius 1 is 1.16 bits per heavy atom. The van der Waals surface area contributed by atoms with Crippen LogP contribution in [0.4, 0.5) is 11.4 Å². The number of hydrogen-bond acceptors (Lipinski definition) is 4.